The largest absolute Gasteiger partial charge is 0.462 e. The highest BCUT2D eigenvalue weighted by Crippen LogP contribution is 2.28. The number of hydrogen-bond donors (Lipinski definition) is 2. The maximum absolute atomic E-state index is 11.6. The van der Waals surface area contributed by atoms with E-state index in [1.165, 1.54) is 0 Å². The van der Waals surface area contributed by atoms with E-state index in [2.05, 4.69) is 5.43 Å². The summed E-state index contributed by atoms with van der Waals surface area (Å²) >= 11 is 11.6. The van der Waals surface area contributed by atoms with Crippen LogP contribution in [0.1, 0.15) is 12.5 Å². The van der Waals surface area contributed by atoms with Gasteiger partial charge in [0.05, 0.1) is 12.2 Å². The third-order valence-corrected chi connectivity index (χ3v) is 2.58. The fourth-order valence-electron chi connectivity index (χ4n) is 1.24. The SMILES string of the molecule is CCOC(=O)C(=CCl)c1cc(NN)ccc1Cl. The molecule has 0 aliphatic rings. The molecule has 6 heteroatoms. The maximum atomic E-state index is 11.6. The Labute approximate surface area is 109 Å². The number of ether oxygens (including phenoxy) is 1. The van der Waals surface area contributed by atoms with Crippen LogP contribution < -0.4 is 11.3 Å². The third kappa shape index (κ3) is 3.36. The number of carbonyl (C=O) groups excluding carboxylic acids is 1. The standard InChI is InChI=1S/C11H12Cl2N2O2/c1-2-17-11(16)9(6-12)8-5-7(15-14)3-4-10(8)13/h3-6,15H,2,14H2,1H3. The van der Waals surface area contributed by atoms with E-state index in [0.717, 1.165) is 5.54 Å². The third-order valence-electron chi connectivity index (χ3n) is 2.03. The fourth-order valence-corrected chi connectivity index (χ4v) is 1.67. The molecule has 1 aromatic rings. The van der Waals surface area contributed by atoms with Gasteiger partial charge in [0.2, 0.25) is 0 Å². The Bertz CT molecular complexity index is 447. The number of halogens is 2. The molecule has 0 heterocycles. The first-order chi connectivity index (χ1) is 8.13. The number of hydrazine groups is 1. The van der Waals surface area contributed by atoms with Crippen molar-refractivity contribution in [3.8, 4) is 0 Å². The minimum atomic E-state index is -0.529. The Morgan fingerprint density at radius 1 is 1.59 bits per heavy atom. The van der Waals surface area contributed by atoms with Crippen molar-refractivity contribution in [1.82, 2.24) is 0 Å². The second-order valence-corrected chi connectivity index (χ2v) is 3.71. The summed E-state index contributed by atoms with van der Waals surface area (Å²) in [6.45, 7) is 1.97. The summed E-state index contributed by atoms with van der Waals surface area (Å²) in [4.78, 5) is 11.6. The molecule has 0 aliphatic heterocycles. The van der Waals surface area contributed by atoms with E-state index in [0.29, 0.717) is 16.3 Å². The van der Waals surface area contributed by atoms with Crippen molar-refractivity contribution in [3.63, 3.8) is 0 Å². The molecule has 1 aromatic carbocycles. The highest BCUT2D eigenvalue weighted by Gasteiger charge is 2.16. The van der Waals surface area contributed by atoms with E-state index in [1.54, 1.807) is 25.1 Å². The summed E-state index contributed by atoms with van der Waals surface area (Å²) in [6, 6.07) is 4.92. The van der Waals surface area contributed by atoms with Gasteiger partial charge in [0.1, 0.15) is 0 Å². The van der Waals surface area contributed by atoms with Crippen molar-refractivity contribution in [3.05, 3.63) is 34.3 Å². The molecule has 4 nitrogen and oxygen atoms in total. The number of carbonyl (C=O) groups is 1. The van der Waals surface area contributed by atoms with Crippen LogP contribution in [0.2, 0.25) is 5.02 Å². The Morgan fingerprint density at radius 3 is 2.82 bits per heavy atom. The van der Waals surface area contributed by atoms with Gasteiger partial charge in [0, 0.05) is 21.8 Å². The number of nitrogens with two attached hydrogens (primary N) is 1. The highest BCUT2D eigenvalue weighted by atomic mass is 35.5. The van der Waals surface area contributed by atoms with Crippen molar-refractivity contribution in [2.45, 2.75) is 6.92 Å². The minimum Gasteiger partial charge on any atom is -0.462 e. The molecule has 0 aliphatic carbocycles. The molecule has 92 valence electrons. The zero-order valence-corrected chi connectivity index (χ0v) is 10.7. The maximum Gasteiger partial charge on any atom is 0.339 e. The summed E-state index contributed by atoms with van der Waals surface area (Å²) in [5.74, 6) is 4.75. The summed E-state index contributed by atoms with van der Waals surface area (Å²) < 4.78 is 4.88. The second kappa shape index (κ2) is 6.49. The average Bonchev–Trinajstić information content (AvgIpc) is 2.33. The Kier molecular flexibility index (Phi) is 5.28. The summed E-state index contributed by atoms with van der Waals surface area (Å²) in [5.41, 5.74) is 4.88. The van der Waals surface area contributed by atoms with Gasteiger partial charge in [-0.2, -0.15) is 0 Å². The van der Waals surface area contributed by atoms with E-state index in [9.17, 15) is 4.79 Å². The Morgan fingerprint density at radius 2 is 2.29 bits per heavy atom. The van der Waals surface area contributed by atoms with Crippen molar-refractivity contribution >= 4 is 40.4 Å². The van der Waals surface area contributed by atoms with Crippen molar-refractivity contribution in [2.24, 2.45) is 5.84 Å². The molecule has 0 spiro atoms. The zero-order chi connectivity index (χ0) is 12.8. The van der Waals surface area contributed by atoms with Crippen LogP contribution in [-0.2, 0) is 9.53 Å². The molecular formula is C11H12Cl2N2O2. The molecule has 0 saturated heterocycles. The molecule has 0 fully saturated rings. The first-order valence-electron chi connectivity index (χ1n) is 4.88. The molecular weight excluding hydrogens is 263 g/mol. The molecule has 3 N–H and O–H groups in total. The number of nitrogen functional groups attached to an aromatic ring is 1. The Balaban J connectivity index is 3.16. The highest BCUT2D eigenvalue weighted by molar-refractivity contribution is 6.38. The number of nitrogens with one attached hydrogen (secondary N) is 1. The summed E-state index contributed by atoms with van der Waals surface area (Å²) in [6.07, 6.45) is 0. The molecule has 0 saturated carbocycles. The lowest BCUT2D eigenvalue weighted by Crippen LogP contribution is -2.09. The normalized spacial score (nSPS) is 11.2. The molecule has 0 aromatic heterocycles. The topological polar surface area (TPSA) is 64.3 Å². The first kappa shape index (κ1) is 13.8. The molecule has 0 bridgehead atoms. The van der Waals surface area contributed by atoms with E-state index in [1.807, 2.05) is 0 Å². The molecule has 0 unspecified atom stereocenters. The minimum absolute atomic E-state index is 0.190. The van der Waals surface area contributed by atoms with E-state index < -0.39 is 5.97 Å². The monoisotopic (exact) mass is 274 g/mol. The Hall–Kier alpha value is -1.23. The number of benzene rings is 1. The van der Waals surface area contributed by atoms with Crippen LogP contribution >= 0.6 is 23.2 Å². The molecule has 1 rings (SSSR count). The molecule has 0 radical (unpaired) electrons. The van der Waals surface area contributed by atoms with Crippen LogP contribution in [0, 0.1) is 0 Å². The van der Waals surface area contributed by atoms with E-state index >= 15 is 0 Å². The van der Waals surface area contributed by atoms with E-state index in [-0.39, 0.29) is 12.2 Å². The molecule has 17 heavy (non-hydrogen) atoms. The predicted octanol–water partition coefficient (Wildman–Crippen LogP) is 2.77. The van der Waals surface area contributed by atoms with Crippen LogP contribution in [0.25, 0.3) is 5.57 Å². The van der Waals surface area contributed by atoms with Gasteiger partial charge in [-0.1, -0.05) is 23.2 Å². The van der Waals surface area contributed by atoms with Gasteiger partial charge in [-0.05, 0) is 25.1 Å². The predicted molar refractivity (Wildman–Crippen MR) is 69.7 cm³/mol. The van der Waals surface area contributed by atoms with Crippen molar-refractivity contribution in [1.29, 1.82) is 0 Å². The van der Waals surface area contributed by atoms with Crippen molar-refractivity contribution < 1.29 is 9.53 Å². The van der Waals surface area contributed by atoms with Gasteiger partial charge in [-0.25, -0.2) is 4.79 Å². The fraction of sp³-hybridized carbons (Fsp3) is 0.182. The lowest BCUT2D eigenvalue weighted by atomic mass is 10.1. The number of esters is 1. The van der Waals surface area contributed by atoms with Crippen LogP contribution in [0.3, 0.4) is 0 Å². The number of rotatable bonds is 4. The van der Waals surface area contributed by atoms with Crippen LogP contribution in [0.5, 0.6) is 0 Å². The van der Waals surface area contributed by atoms with Crippen LogP contribution in [0.4, 0.5) is 5.69 Å². The second-order valence-electron chi connectivity index (χ2n) is 3.08. The van der Waals surface area contributed by atoms with Gasteiger partial charge < -0.3 is 10.2 Å². The zero-order valence-electron chi connectivity index (χ0n) is 9.17. The van der Waals surface area contributed by atoms with Gasteiger partial charge in [0.25, 0.3) is 0 Å². The molecule has 0 amide bonds. The number of hydrogen-bond acceptors (Lipinski definition) is 4. The average molecular weight is 275 g/mol. The summed E-state index contributed by atoms with van der Waals surface area (Å²) in [5, 5.41) is 0.393. The quantitative estimate of drug-likeness (QED) is 0.384. The van der Waals surface area contributed by atoms with Gasteiger partial charge >= 0.3 is 5.97 Å². The molecule has 0 atom stereocenters. The summed E-state index contributed by atoms with van der Waals surface area (Å²) in [7, 11) is 0. The van der Waals surface area contributed by atoms with Crippen LogP contribution in [0.15, 0.2) is 23.7 Å². The van der Waals surface area contributed by atoms with Crippen molar-refractivity contribution in [2.75, 3.05) is 12.0 Å². The number of anilines is 1. The van der Waals surface area contributed by atoms with Gasteiger partial charge in [-0.3, -0.25) is 5.84 Å². The first-order valence-corrected chi connectivity index (χ1v) is 5.69. The lowest BCUT2D eigenvalue weighted by Gasteiger charge is -2.09. The lowest BCUT2D eigenvalue weighted by molar-refractivity contribution is -0.136. The smallest absolute Gasteiger partial charge is 0.339 e. The van der Waals surface area contributed by atoms with E-state index in [4.69, 9.17) is 33.8 Å². The van der Waals surface area contributed by atoms with Crippen LogP contribution in [-0.4, -0.2) is 12.6 Å². The van der Waals surface area contributed by atoms with Gasteiger partial charge in [-0.15, -0.1) is 0 Å². The van der Waals surface area contributed by atoms with Gasteiger partial charge in [0.15, 0.2) is 0 Å².